The van der Waals surface area contributed by atoms with Gasteiger partial charge in [-0.2, -0.15) is 5.10 Å². The van der Waals surface area contributed by atoms with Crippen molar-refractivity contribution in [2.45, 2.75) is 20.0 Å². The summed E-state index contributed by atoms with van der Waals surface area (Å²) in [5.41, 5.74) is 2.01. The van der Waals surface area contributed by atoms with E-state index in [1.165, 1.54) is 0 Å². The molecular weight excluding hydrogens is 204 g/mol. The molecule has 0 aromatic carbocycles. The van der Waals surface area contributed by atoms with E-state index in [9.17, 15) is 0 Å². The lowest BCUT2D eigenvalue weighted by Crippen LogP contribution is -2.11. The summed E-state index contributed by atoms with van der Waals surface area (Å²) in [5.74, 6) is 0.841. The number of nitrogens with zero attached hydrogens (tertiary/aromatic N) is 3. The van der Waals surface area contributed by atoms with Gasteiger partial charge in [-0.25, -0.2) is 4.68 Å². The van der Waals surface area contributed by atoms with Crippen LogP contribution in [0.5, 0.6) is 0 Å². The number of rotatable bonds is 5. The van der Waals surface area contributed by atoms with Crippen molar-refractivity contribution in [1.29, 1.82) is 0 Å². The molecule has 0 aliphatic carbocycles. The van der Waals surface area contributed by atoms with Crippen molar-refractivity contribution in [1.82, 2.24) is 20.3 Å². The Morgan fingerprint density at radius 1 is 1.56 bits per heavy atom. The first-order chi connectivity index (χ1) is 7.78. The molecule has 2 heterocycles. The maximum atomic E-state index is 5.08. The van der Waals surface area contributed by atoms with Gasteiger partial charge >= 0.3 is 0 Å². The number of nitrogens with one attached hydrogen (secondary N) is 1. The van der Waals surface area contributed by atoms with Gasteiger partial charge in [0.05, 0.1) is 18.4 Å². The lowest BCUT2D eigenvalue weighted by Gasteiger charge is -1.98. The molecule has 0 radical (unpaired) electrons. The number of hydrogen-bond acceptors (Lipinski definition) is 4. The van der Waals surface area contributed by atoms with E-state index in [2.05, 4.69) is 22.2 Å². The summed E-state index contributed by atoms with van der Waals surface area (Å²) in [6.07, 6.45) is 5.38. The van der Waals surface area contributed by atoms with Crippen LogP contribution in [0.15, 0.2) is 29.6 Å². The summed E-state index contributed by atoms with van der Waals surface area (Å²) in [6, 6.07) is 1.92. The van der Waals surface area contributed by atoms with Crippen LogP contribution in [0, 0.1) is 6.92 Å². The molecule has 0 saturated carbocycles. The molecule has 5 nitrogen and oxygen atoms in total. The molecule has 0 aliphatic heterocycles. The summed E-state index contributed by atoms with van der Waals surface area (Å²) in [7, 11) is 0. The molecule has 1 N–H and O–H groups in total. The van der Waals surface area contributed by atoms with Crippen LogP contribution in [0.4, 0.5) is 0 Å². The van der Waals surface area contributed by atoms with E-state index >= 15 is 0 Å². The van der Waals surface area contributed by atoms with Gasteiger partial charge in [-0.1, -0.05) is 11.7 Å². The van der Waals surface area contributed by atoms with Gasteiger partial charge in [0.2, 0.25) is 0 Å². The van der Waals surface area contributed by atoms with Gasteiger partial charge in [0.1, 0.15) is 0 Å². The molecule has 0 unspecified atom stereocenters. The SMILES string of the molecule is C=Cn1cc(CNCc2cc(C)no2)cn1. The highest BCUT2D eigenvalue weighted by molar-refractivity contribution is 5.17. The smallest absolute Gasteiger partial charge is 0.150 e. The molecular formula is C11H14N4O. The van der Waals surface area contributed by atoms with Crippen molar-refractivity contribution in [3.63, 3.8) is 0 Å². The first kappa shape index (κ1) is 10.6. The predicted octanol–water partition coefficient (Wildman–Crippen LogP) is 1.57. The molecule has 5 heteroatoms. The van der Waals surface area contributed by atoms with E-state index in [0.717, 1.165) is 23.6 Å². The second-order valence-electron chi connectivity index (χ2n) is 3.55. The average molecular weight is 218 g/mol. The Morgan fingerprint density at radius 2 is 2.44 bits per heavy atom. The third kappa shape index (κ3) is 2.58. The summed E-state index contributed by atoms with van der Waals surface area (Å²) in [4.78, 5) is 0. The zero-order valence-corrected chi connectivity index (χ0v) is 9.18. The molecule has 2 rings (SSSR count). The Labute approximate surface area is 93.7 Å². The second-order valence-corrected chi connectivity index (χ2v) is 3.55. The minimum absolute atomic E-state index is 0.667. The zero-order valence-electron chi connectivity index (χ0n) is 9.18. The number of hydrogen-bond donors (Lipinski definition) is 1. The minimum Gasteiger partial charge on any atom is -0.360 e. The molecule has 2 aromatic rings. The van der Waals surface area contributed by atoms with Crippen molar-refractivity contribution >= 4 is 6.20 Å². The summed E-state index contributed by atoms with van der Waals surface area (Å²) < 4.78 is 6.76. The van der Waals surface area contributed by atoms with Crippen molar-refractivity contribution in [3.05, 3.63) is 42.1 Å². The van der Waals surface area contributed by atoms with Crippen molar-refractivity contribution in [2.75, 3.05) is 0 Å². The summed E-state index contributed by atoms with van der Waals surface area (Å²) in [6.45, 7) is 6.95. The third-order valence-corrected chi connectivity index (χ3v) is 2.15. The maximum absolute atomic E-state index is 5.08. The van der Waals surface area contributed by atoms with E-state index in [1.54, 1.807) is 17.1 Å². The lowest BCUT2D eigenvalue weighted by atomic mass is 10.3. The highest BCUT2D eigenvalue weighted by Crippen LogP contribution is 2.02. The normalized spacial score (nSPS) is 10.6. The lowest BCUT2D eigenvalue weighted by molar-refractivity contribution is 0.369. The Balaban J connectivity index is 1.81. The molecule has 0 aliphatic rings. The van der Waals surface area contributed by atoms with Gasteiger partial charge in [0, 0.05) is 30.6 Å². The Kier molecular flexibility index (Phi) is 3.16. The molecule has 0 atom stereocenters. The fraction of sp³-hybridized carbons (Fsp3) is 0.273. The quantitative estimate of drug-likeness (QED) is 0.827. The van der Waals surface area contributed by atoms with E-state index in [-0.39, 0.29) is 0 Å². The average Bonchev–Trinajstić information content (AvgIpc) is 2.88. The highest BCUT2D eigenvalue weighted by Gasteiger charge is 2.00. The van der Waals surface area contributed by atoms with Crippen molar-refractivity contribution in [3.8, 4) is 0 Å². The van der Waals surface area contributed by atoms with Crippen LogP contribution >= 0.6 is 0 Å². The van der Waals surface area contributed by atoms with Crippen molar-refractivity contribution < 1.29 is 4.52 Å². The van der Waals surface area contributed by atoms with Crippen LogP contribution in [0.3, 0.4) is 0 Å². The zero-order chi connectivity index (χ0) is 11.4. The number of aromatic nitrogens is 3. The van der Waals surface area contributed by atoms with Gasteiger partial charge in [-0.15, -0.1) is 0 Å². The van der Waals surface area contributed by atoms with Gasteiger partial charge in [-0.05, 0) is 6.92 Å². The molecule has 84 valence electrons. The fourth-order valence-electron chi connectivity index (χ4n) is 1.40. The van der Waals surface area contributed by atoms with E-state index in [0.29, 0.717) is 6.54 Å². The van der Waals surface area contributed by atoms with Gasteiger partial charge in [-0.3, -0.25) is 0 Å². The van der Waals surface area contributed by atoms with E-state index < -0.39 is 0 Å². The number of aryl methyl sites for hydroxylation is 1. The van der Waals surface area contributed by atoms with Crippen LogP contribution in [0.1, 0.15) is 17.0 Å². The molecule has 2 aromatic heterocycles. The molecule has 0 saturated heterocycles. The summed E-state index contributed by atoms with van der Waals surface area (Å²) >= 11 is 0. The van der Waals surface area contributed by atoms with E-state index in [1.807, 2.05) is 19.2 Å². The van der Waals surface area contributed by atoms with Crippen LogP contribution in [0.25, 0.3) is 6.20 Å². The van der Waals surface area contributed by atoms with Crippen LogP contribution in [0.2, 0.25) is 0 Å². The molecule has 0 spiro atoms. The van der Waals surface area contributed by atoms with Gasteiger partial charge in [0.15, 0.2) is 5.76 Å². The monoisotopic (exact) mass is 218 g/mol. The third-order valence-electron chi connectivity index (χ3n) is 2.15. The van der Waals surface area contributed by atoms with Crippen LogP contribution < -0.4 is 5.32 Å². The first-order valence-corrected chi connectivity index (χ1v) is 5.06. The largest absolute Gasteiger partial charge is 0.360 e. The van der Waals surface area contributed by atoms with Crippen LogP contribution in [-0.4, -0.2) is 14.9 Å². The maximum Gasteiger partial charge on any atom is 0.150 e. The van der Waals surface area contributed by atoms with Gasteiger partial charge < -0.3 is 9.84 Å². The fourth-order valence-corrected chi connectivity index (χ4v) is 1.40. The Hall–Kier alpha value is -1.88. The Morgan fingerprint density at radius 3 is 3.06 bits per heavy atom. The van der Waals surface area contributed by atoms with Crippen LogP contribution in [-0.2, 0) is 13.1 Å². The second kappa shape index (κ2) is 4.76. The van der Waals surface area contributed by atoms with Gasteiger partial charge in [0.25, 0.3) is 0 Å². The standard InChI is InChI=1S/C11H14N4O/c1-3-15-8-10(6-13-15)5-12-7-11-4-9(2)14-16-11/h3-4,6,8,12H,1,5,7H2,2H3. The minimum atomic E-state index is 0.667. The topological polar surface area (TPSA) is 55.9 Å². The summed E-state index contributed by atoms with van der Waals surface area (Å²) in [5, 5.41) is 11.1. The molecule has 0 fully saturated rings. The molecule has 16 heavy (non-hydrogen) atoms. The van der Waals surface area contributed by atoms with E-state index in [4.69, 9.17) is 4.52 Å². The first-order valence-electron chi connectivity index (χ1n) is 5.06. The highest BCUT2D eigenvalue weighted by atomic mass is 16.5. The predicted molar refractivity (Wildman–Crippen MR) is 60.4 cm³/mol. The molecule has 0 amide bonds. The van der Waals surface area contributed by atoms with Crippen molar-refractivity contribution in [2.24, 2.45) is 0 Å². The Bertz CT molecular complexity index is 472. The molecule has 0 bridgehead atoms.